The van der Waals surface area contributed by atoms with E-state index in [2.05, 4.69) is 6.58 Å². The van der Waals surface area contributed by atoms with Crippen molar-refractivity contribution in [3.63, 3.8) is 0 Å². The molecule has 0 aliphatic heterocycles. The lowest BCUT2D eigenvalue weighted by atomic mass is 10.2. The number of ether oxygens (including phenoxy) is 2. The summed E-state index contributed by atoms with van der Waals surface area (Å²) in [7, 11) is 0. The molecule has 0 radical (unpaired) electrons. The van der Waals surface area contributed by atoms with E-state index in [1.54, 1.807) is 18.2 Å². The highest BCUT2D eigenvalue weighted by Gasteiger charge is 2.08. The Hall–Kier alpha value is -1.48. The van der Waals surface area contributed by atoms with Gasteiger partial charge in [-0.25, -0.2) is 0 Å². The van der Waals surface area contributed by atoms with Crippen LogP contribution in [0.2, 0.25) is 0 Å². The Balaban J connectivity index is 2.92. The zero-order valence-corrected chi connectivity index (χ0v) is 9.77. The Labute approximate surface area is 96.3 Å². The SMILES string of the molecule is C=CC(C)Oc1ccc(CO)cc1OCC. The number of aliphatic hydroxyl groups is 1. The summed E-state index contributed by atoms with van der Waals surface area (Å²) in [6.07, 6.45) is 1.65. The van der Waals surface area contributed by atoms with Crippen LogP contribution in [0.5, 0.6) is 11.5 Å². The number of rotatable bonds is 6. The molecule has 0 saturated carbocycles. The monoisotopic (exact) mass is 222 g/mol. The van der Waals surface area contributed by atoms with Gasteiger partial charge in [0, 0.05) is 0 Å². The van der Waals surface area contributed by atoms with Gasteiger partial charge in [-0.2, -0.15) is 0 Å². The zero-order chi connectivity index (χ0) is 12.0. The fraction of sp³-hybridized carbons (Fsp3) is 0.385. The molecule has 1 aromatic rings. The summed E-state index contributed by atoms with van der Waals surface area (Å²) in [4.78, 5) is 0. The first kappa shape index (κ1) is 12.6. The largest absolute Gasteiger partial charge is 0.490 e. The van der Waals surface area contributed by atoms with Crippen LogP contribution in [0.3, 0.4) is 0 Å². The number of hydrogen-bond acceptors (Lipinski definition) is 3. The average molecular weight is 222 g/mol. The minimum atomic E-state index is -0.0702. The van der Waals surface area contributed by atoms with Gasteiger partial charge in [0.1, 0.15) is 6.10 Å². The maximum absolute atomic E-state index is 9.04. The molecule has 0 fully saturated rings. The second kappa shape index (κ2) is 6.18. The van der Waals surface area contributed by atoms with Gasteiger partial charge in [-0.05, 0) is 31.5 Å². The van der Waals surface area contributed by atoms with Crippen molar-refractivity contribution in [2.45, 2.75) is 26.6 Å². The lowest BCUT2D eigenvalue weighted by molar-refractivity contribution is 0.243. The smallest absolute Gasteiger partial charge is 0.162 e. The van der Waals surface area contributed by atoms with Crippen LogP contribution < -0.4 is 9.47 Å². The molecule has 1 atom stereocenters. The molecule has 1 aromatic carbocycles. The second-order valence-electron chi connectivity index (χ2n) is 3.43. The number of aliphatic hydroxyl groups excluding tert-OH is 1. The minimum absolute atomic E-state index is 0.00261. The van der Waals surface area contributed by atoms with Crippen molar-refractivity contribution in [3.05, 3.63) is 36.4 Å². The third kappa shape index (κ3) is 3.28. The molecule has 3 heteroatoms. The van der Waals surface area contributed by atoms with E-state index < -0.39 is 0 Å². The highest BCUT2D eigenvalue weighted by atomic mass is 16.5. The van der Waals surface area contributed by atoms with Crippen molar-refractivity contribution in [2.75, 3.05) is 6.61 Å². The van der Waals surface area contributed by atoms with E-state index in [-0.39, 0.29) is 12.7 Å². The van der Waals surface area contributed by atoms with Crippen molar-refractivity contribution < 1.29 is 14.6 Å². The summed E-state index contributed by atoms with van der Waals surface area (Å²) >= 11 is 0. The van der Waals surface area contributed by atoms with Crippen LogP contribution in [0, 0.1) is 0 Å². The van der Waals surface area contributed by atoms with Crippen molar-refractivity contribution in [1.82, 2.24) is 0 Å². The Morgan fingerprint density at radius 2 is 2.19 bits per heavy atom. The van der Waals surface area contributed by atoms with Gasteiger partial charge >= 0.3 is 0 Å². The Morgan fingerprint density at radius 1 is 1.44 bits per heavy atom. The first-order valence-electron chi connectivity index (χ1n) is 5.37. The van der Waals surface area contributed by atoms with Crippen molar-refractivity contribution in [3.8, 4) is 11.5 Å². The van der Waals surface area contributed by atoms with Gasteiger partial charge in [0.2, 0.25) is 0 Å². The van der Waals surface area contributed by atoms with E-state index in [4.69, 9.17) is 14.6 Å². The summed E-state index contributed by atoms with van der Waals surface area (Å²) in [5, 5.41) is 9.04. The van der Waals surface area contributed by atoms with Gasteiger partial charge in [0.05, 0.1) is 13.2 Å². The van der Waals surface area contributed by atoms with Crippen LogP contribution in [0.15, 0.2) is 30.9 Å². The van der Waals surface area contributed by atoms with Crippen LogP contribution in [-0.4, -0.2) is 17.8 Å². The van der Waals surface area contributed by atoms with Crippen LogP contribution in [0.1, 0.15) is 19.4 Å². The quantitative estimate of drug-likeness (QED) is 0.752. The van der Waals surface area contributed by atoms with Crippen LogP contribution in [0.25, 0.3) is 0 Å². The molecule has 0 heterocycles. The van der Waals surface area contributed by atoms with Gasteiger partial charge in [-0.15, -0.1) is 0 Å². The molecule has 0 bridgehead atoms. The molecule has 0 saturated heterocycles. The summed E-state index contributed by atoms with van der Waals surface area (Å²) in [5.41, 5.74) is 0.807. The van der Waals surface area contributed by atoms with Crippen molar-refractivity contribution in [2.24, 2.45) is 0 Å². The van der Waals surface area contributed by atoms with E-state index >= 15 is 0 Å². The predicted octanol–water partition coefficient (Wildman–Crippen LogP) is 2.53. The van der Waals surface area contributed by atoms with Gasteiger partial charge in [-0.3, -0.25) is 0 Å². The van der Waals surface area contributed by atoms with E-state index in [0.29, 0.717) is 18.1 Å². The maximum Gasteiger partial charge on any atom is 0.162 e. The standard InChI is InChI=1S/C13H18O3/c1-4-10(3)16-12-7-6-11(9-14)8-13(12)15-5-2/h4,6-8,10,14H,1,5,9H2,2-3H3. The minimum Gasteiger partial charge on any atom is -0.490 e. The highest BCUT2D eigenvalue weighted by molar-refractivity contribution is 5.43. The second-order valence-corrected chi connectivity index (χ2v) is 3.43. The normalized spacial score (nSPS) is 11.9. The maximum atomic E-state index is 9.04. The van der Waals surface area contributed by atoms with Crippen molar-refractivity contribution in [1.29, 1.82) is 0 Å². The Kier molecular flexibility index (Phi) is 4.86. The fourth-order valence-electron chi connectivity index (χ4n) is 1.26. The predicted molar refractivity (Wildman–Crippen MR) is 63.8 cm³/mol. The summed E-state index contributed by atoms with van der Waals surface area (Å²) < 4.78 is 11.1. The van der Waals surface area contributed by atoms with Crippen LogP contribution >= 0.6 is 0 Å². The van der Waals surface area contributed by atoms with Gasteiger partial charge in [-0.1, -0.05) is 18.7 Å². The summed E-state index contributed by atoms with van der Waals surface area (Å²) in [5.74, 6) is 1.33. The molecule has 0 spiro atoms. The molecular weight excluding hydrogens is 204 g/mol. The summed E-state index contributed by atoms with van der Waals surface area (Å²) in [6.45, 7) is 8.04. The molecule has 0 aromatic heterocycles. The average Bonchev–Trinajstić information content (AvgIpc) is 2.31. The van der Waals surface area contributed by atoms with Gasteiger partial charge < -0.3 is 14.6 Å². The zero-order valence-electron chi connectivity index (χ0n) is 9.77. The Bertz CT molecular complexity index is 347. The lowest BCUT2D eigenvalue weighted by Crippen LogP contribution is -2.09. The van der Waals surface area contributed by atoms with E-state index in [1.165, 1.54) is 0 Å². The van der Waals surface area contributed by atoms with E-state index in [9.17, 15) is 0 Å². The third-order valence-corrected chi connectivity index (χ3v) is 2.14. The van der Waals surface area contributed by atoms with Gasteiger partial charge in [0.25, 0.3) is 0 Å². The Morgan fingerprint density at radius 3 is 2.75 bits per heavy atom. The highest BCUT2D eigenvalue weighted by Crippen LogP contribution is 2.29. The molecule has 0 aliphatic carbocycles. The topological polar surface area (TPSA) is 38.7 Å². The van der Waals surface area contributed by atoms with Crippen LogP contribution in [-0.2, 0) is 6.61 Å². The van der Waals surface area contributed by atoms with Crippen LogP contribution in [0.4, 0.5) is 0 Å². The summed E-state index contributed by atoms with van der Waals surface area (Å²) in [6, 6.07) is 5.40. The molecule has 1 unspecified atom stereocenters. The first-order chi connectivity index (χ1) is 7.71. The molecule has 0 amide bonds. The molecule has 3 nitrogen and oxygen atoms in total. The molecule has 1 rings (SSSR count). The lowest BCUT2D eigenvalue weighted by Gasteiger charge is -2.15. The molecule has 1 N–H and O–H groups in total. The number of benzene rings is 1. The van der Waals surface area contributed by atoms with Crippen molar-refractivity contribution >= 4 is 0 Å². The molecule has 88 valence electrons. The van der Waals surface area contributed by atoms with E-state index in [1.807, 2.05) is 19.9 Å². The molecular formula is C13H18O3. The first-order valence-corrected chi connectivity index (χ1v) is 5.37. The molecule has 0 aliphatic rings. The van der Waals surface area contributed by atoms with E-state index in [0.717, 1.165) is 5.56 Å². The number of hydrogen-bond donors (Lipinski definition) is 1. The third-order valence-electron chi connectivity index (χ3n) is 2.14. The fourth-order valence-corrected chi connectivity index (χ4v) is 1.26. The van der Waals surface area contributed by atoms with Gasteiger partial charge in [0.15, 0.2) is 11.5 Å². The molecule has 16 heavy (non-hydrogen) atoms.